The molecule has 1 aromatic heterocycles. The molecule has 0 amide bonds. The Kier molecular flexibility index (Phi) is 5.10. The lowest BCUT2D eigenvalue weighted by Crippen LogP contribution is -2.15. The topological polar surface area (TPSA) is 39.9 Å². The van der Waals surface area contributed by atoms with Crippen LogP contribution in [0.3, 0.4) is 0 Å². The summed E-state index contributed by atoms with van der Waals surface area (Å²) in [6.45, 7) is 0. The maximum absolute atomic E-state index is 9.30. The second-order valence-electron chi connectivity index (χ2n) is 8.01. The Morgan fingerprint density at radius 3 is 2.03 bits per heavy atom. The molecule has 34 heavy (non-hydrogen) atoms. The predicted molar refractivity (Wildman–Crippen MR) is 139 cm³/mol. The zero-order chi connectivity index (χ0) is 22.9. The molecule has 0 saturated heterocycles. The zero-order valence-corrected chi connectivity index (χ0v) is 19.0. The van der Waals surface area contributed by atoms with Gasteiger partial charge in [0.15, 0.2) is 0 Å². The minimum atomic E-state index is 0.606. The number of para-hydroxylation sites is 3. The molecule has 1 aliphatic rings. The Balaban J connectivity index is 1.52. The molecular weight excluding hydrogens is 434 g/mol. The van der Waals surface area contributed by atoms with E-state index in [0.717, 1.165) is 28.1 Å². The fourth-order valence-corrected chi connectivity index (χ4v) is 5.44. The highest BCUT2D eigenvalue weighted by Gasteiger charge is 2.26. The van der Waals surface area contributed by atoms with E-state index >= 15 is 0 Å². The summed E-state index contributed by atoms with van der Waals surface area (Å²) in [7, 11) is 0. The van der Waals surface area contributed by atoms with Crippen LogP contribution in [-0.2, 0) is 0 Å². The van der Waals surface area contributed by atoms with Crippen molar-refractivity contribution < 1.29 is 0 Å². The van der Waals surface area contributed by atoms with Crippen LogP contribution in [0.4, 0.5) is 17.1 Å². The molecule has 0 unspecified atom stereocenters. The molecule has 160 valence electrons. The number of fused-ring (bicyclic) bond motifs is 2. The molecule has 3 nitrogen and oxygen atoms in total. The van der Waals surface area contributed by atoms with E-state index in [1.807, 2.05) is 23.9 Å². The van der Waals surface area contributed by atoms with E-state index in [-0.39, 0.29) is 0 Å². The monoisotopic (exact) mass is 453 g/mol. The first kappa shape index (κ1) is 20.3. The number of nitriles is 1. The lowest BCUT2D eigenvalue weighted by Gasteiger charge is -2.34. The number of benzene rings is 4. The highest BCUT2D eigenvalue weighted by molar-refractivity contribution is 7.99. The van der Waals surface area contributed by atoms with E-state index in [2.05, 4.69) is 107 Å². The maximum atomic E-state index is 9.30. The van der Waals surface area contributed by atoms with Gasteiger partial charge in [-0.15, -0.1) is 0 Å². The summed E-state index contributed by atoms with van der Waals surface area (Å²) in [4.78, 5) is 9.34. The summed E-state index contributed by atoms with van der Waals surface area (Å²) in [5, 5.41) is 9.30. The summed E-state index contributed by atoms with van der Waals surface area (Å²) in [5.74, 6) is 0. The smallest absolute Gasteiger partial charge is 0.0992 e. The van der Waals surface area contributed by atoms with Crippen LogP contribution >= 0.6 is 11.8 Å². The Labute approximate surface area is 203 Å². The molecular formula is C30H19N3S. The molecule has 0 fully saturated rings. The number of aromatic nitrogens is 1. The normalized spacial score (nSPS) is 11.9. The number of hydrogen-bond acceptors (Lipinski definition) is 4. The molecule has 0 saturated carbocycles. The van der Waals surface area contributed by atoms with Crippen LogP contribution in [0.1, 0.15) is 5.56 Å². The molecule has 0 bridgehead atoms. The molecule has 1 aliphatic heterocycles. The Morgan fingerprint density at radius 2 is 1.29 bits per heavy atom. The van der Waals surface area contributed by atoms with Gasteiger partial charge in [-0.25, -0.2) is 0 Å². The molecule has 4 heteroatoms. The minimum Gasteiger partial charge on any atom is -0.308 e. The van der Waals surface area contributed by atoms with Gasteiger partial charge in [0.25, 0.3) is 0 Å². The van der Waals surface area contributed by atoms with Crippen molar-refractivity contribution in [1.82, 2.24) is 4.98 Å². The van der Waals surface area contributed by atoms with Crippen molar-refractivity contribution in [1.29, 1.82) is 5.26 Å². The highest BCUT2D eigenvalue weighted by Crippen LogP contribution is 2.52. The van der Waals surface area contributed by atoms with Gasteiger partial charge >= 0.3 is 0 Å². The van der Waals surface area contributed by atoms with Gasteiger partial charge in [-0.1, -0.05) is 72.4 Å². The fraction of sp³-hybridized carbons (Fsp3) is 0. The SMILES string of the molecule is N#Cc1ccnc(-c2cccc(-c3ccccc3N3c4ccccc4Sc4ccccc43)c2)c1. The van der Waals surface area contributed by atoms with Gasteiger partial charge in [-0.05, 0) is 54.1 Å². The molecule has 2 heterocycles. The van der Waals surface area contributed by atoms with Gasteiger partial charge < -0.3 is 4.90 Å². The average Bonchev–Trinajstić information content (AvgIpc) is 2.92. The second kappa shape index (κ2) is 8.55. The quantitative estimate of drug-likeness (QED) is 0.271. The van der Waals surface area contributed by atoms with E-state index in [4.69, 9.17) is 0 Å². The molecule has 6 rings (SSSR count). The van der Waals surface area contributed by atoms with Gasteiger partial charge in [-0.2, -0.15) is 5.26 Å². The molecule has 5 aromatic rings. The fourth-order valence-electron chi connectivity index (χ4n) is 4.38. The van der Waals surface area contributed by atoms with Crippen molar-refractivity contribution in [2.75, 3.05) is 4.90 Å². The van der Waals surface area contributed by atoms with E-state index in [9.17, 15) is 5.26 Å². The maximum Gasteiger partial charge on any atom is 0.0992 e. The third-order valence-electron chi connectivity index (χ3n) is 5.94. The van der Waals surface area contributed by atoms with Crippen molar-refractivity contribution in [3.05, 3.63) is 121 Å². The number of pyridine rings is 1. The lowest BCUT2D eigenvalue weighted by molar-refractivity contribution is 1.17. The molecule has 0 atom stereocenters. The van der Waals surface area contributed by atoms with Crippen LogP contribution < -0.4 is 4.90 Å². The standard InChI is InChI=1S/C30H19N3S/c31-20-21-16-17-32-25(18-21)23-9-7-8-22(19-23)24-10-1-2-11-26(24)33-27-12-3-5-14-29(27)34-30-15-6-4-13-28(30)33/h1-19H. The molecule has 0 radical (unpaired) electrons. The van der Waals surface area contributed by atoms with Crippen LogP contribution in [0.15, 0.2) is 125 Å². The van der Waals surface area contributed by atoms with Crippen LogP contribution in [-0.4, -0.2) is 4.98 Å². The van der Waals surface area contributed by atoms with Gasteiger partial charge in [-0.3, -0.25) is 4.98 Å². The van der Waals surface area contributed by atoms with Crippen molar-refractivity contribution >= 4 is 28.8 Å². The van der Waals surface area contributed by atoms with E-state index < -0.39 is 0 Å². The van der Waals surface area contributed by atoms with Gasteiger partial charge in [0.05, 0.1) is 34.4 Å². The molecule has 0 aliphatic carbocycles. The number of anilines is 3. The lowest BCUT2D eigenvalue weighted by atomic mass is 9.98. The Bertz CT molecular complexity index is 1520. The van der Waals surface area contributed by atoms with Gasteiger partial charge in [0.1, 0.15) is 0 Å². The van der Waals surface area contributed by atoms with E-state index in [1.54, 1.807) is 12.3 Å². The first-order valence-electron chi connectivity index (χ1n) is 11.0. The largest absolute Gasteiger partial charge is 0.308 e. The highest BCUT2D eigenvalue weighted by atomic mass is 32.2. The van der Waals surface area contributed by atoms with Gasteiger partial charge in [0.2, 0.25) is 0 Å². The first-order valence-corrected chi connectivity index (χ1v) is 11.9. The molecule has 0 spiro atoms. The summed E-state index contributed by atoms with van der Waals surface area (Å²) in [6, 6.07) is 39.8. The Morgan fingerprint density at radius 1 is 0.647 bits per heavy atom. The summed E-state index contributed by atoms with van der Waals surface area (Å²) in [6.07, 6.45) is 1.69. The molecule has 0 N–H and O–H groups in total. The van der Waals surface area contributed by atoms with Crippen LogP contribution in [0.5, 0.6) is 0 Å². The third-order valence-corrected chi connectivity index (χ3v) is 7.07. The van der Waals surface area contributed by atoms with Crippen molar-refractivity contribution in [3.8, 4) is 28.5 Å². The minimum absolute atomic E-state index is 0.606. The van der Waals surface area contributed by atoms with Gasteiger partial charge in [0, 0.05) is 27.1 Å². The Hall–Kier alpha value is -4.33. The third kappa shape index (κ3) is 3.53. The number of rotatable bonds is 3. The van der Waals surface area contributed by atoms with Crippen LogP contribution in [0, 0.1) is 11.3 Å². The summed E-state index contributed by atoms with van der Waals surface area (Å²) < 4.78 is 0. The van der Waals surface area contributed by atoms with E-state index in [1.165, 1.54) is 21.2 Å². The molecule has 4 aromatic carbocycles. The first-order chi connectivity index (χ1) is 16.8. The average molecular weight is 454 g/mol. The van der Waals surface area contributed by atoms with Crippen molar-refractivity contribution in [2.45, 2.75) is 9.79 Å². The summed E-state index contributed by atoms with van der Waals surface area (Å²) >= 11 is 1.81. The number of nitrogens with zero attached hydrogens (tertiary/aromatic N) is 3. The van der Waals surface area contributed by atoms with Crippen LogP contribution in [0.25, 0.3) is 22.4 Å². The van der Waals surface area contributed by atoms with E-state index in [0.29, 0.717) is 5.56 Å². The van der Waals surface area contributed by atoms with Crippen molar-refractivity contribution in [3.63, 3.8) is 0 Å². The number of hydrogen-bond donors (Lipinski definition) is 0. The zero-order valence-electron chi connectivity index (χ0n) is 18.2. The second-order valence-corrected chi connectivity index (χ2v) is 9.10. The predicted octanol–water partition coefficient (Wildman–Crippen LogP) is 8.22. The summed E-state index contributed by atoms with van der Waals surface area (Å²) in [5.41, 5.74) is 8.11. The van der Waals surface area contributed by atoms with Crippen LogP contribution in [0.2, 0.25) is 0 Å². The van der Waals surface area contributed by atoms with Crippen molar-refractivity contribution in [2.24, 2.45) is 0 Å².